The van der Waals surface area contributed by atoms with E-state index in [0.717, 1.165) is 49.7 Å². The summed E-state index contributed by atoms with van der Waals surface area (Å²) in [6, 6.07) is 11.2. The van der Waals surface area contributed by atoms with E-state index in [1.165, 1.54) is 6.92 Å². The molecule has 1 saturated heterocycles. The summed E-state index contributed by atoms with van der Waals surface area (Å²) in [7, 11) is 0. The van der Waals surface area contributed by atoms with Gasteiger partial charge in [-0.25, -0.2) is 0 Å². The van der Waals surface area contributed by atoms with Crippen LogP contribution >= 0.6 is 0 Å². The van der Waals surface area contributed by atoms with E-state index in [2.05, 4.69) is 16.0 Å². The van der Waals surface area contributed by atoms with Crippen molar-refractivity contribution in [2.45, 2.75) is 19.4 Å². The third-order valence-corrected chi connectivity index (χ3v) is 4.76. The van der Waals surface area contributed by atoms with Crippen LogP contribution in [0.5, 0.6) is 0 Å². The summed E-state index contributed by atoms with van der Waals surface area (Å²) in [5, 5.41) is 9.21. The van der Waals surface area contributed by atoms with Crippen molar-refractivity contribution >= 4 is 11.7 Å². The largest absolute Gasteiger partial charge is 0.465 e. The van der Waals surface area contributed by atoms with E-state index in [1.54, 1.807) is 18.2 Å². The molecule has 7 nitrogen and oxygen atoms in total. The van der Waals surface area contributed by atoms with Crippen LogP contribution in [-0.2, 0) is 20.8 Å². The van der Waals surface area contributed by atoms with Crippen molar-refractivity contribution < 1.29 is 14.3 Å². The minimum atomic E-state index is -0.371. The first-order valence-corrected chi connectivity index (χ1v) is 9.24. The first kappa shape index (κ1) is 19.8. The molecule has 28 heavy (non-hydrogen) atoms. The molecule has 1 atom stereocenters. The third kappa shape index (κ3) is 5.06. The van der Waals surface area contributed by atoms with E-state index in [-0.39, 0.29) is 18.5 Å². The Hall–Kier alpha value is -2.95. The van der Waals surface area contributed by atoms with Gasteiger partial charge in [0.05, 0.1) is 36.5 Å². The number of morpholine rings is 1. The molecule has 0 bridgehead atoms. The lowest BCUT2D eigenvalue weighted by Gasteiger charge is -2.26. The summed E-state index contributed by atoms with van der Waals surface area (Å²) >= 11 is 0. The molecule has 1 aromatic heterocycles. The Morgan fingerprint density at radius 2 is 2.14 bits per heavy atom. The van der Waals surface area contributed by atoms with Crippen LogP contribution in [0.1, 0.15) is 35.2 Å². The summed E-state index contributed by atoms with van der Waals surface area (Å²) < 4.78 is 10.6. The van der Waals surface area contributed by atoms with Crippen LogP contribution in [0.2, 0.25) is 0 Å². The Kier molecular flexibility index (Phi) is 6.58. The second-order valence-corrected chi connectivity index (χ2v) is 6.79. The molecule has 2 heterocycles. The fraction of sp³-hybridized carbons (Fsp3) is 0.381. The van der Waals surface area contributed by atoms with E-state index >= 15 is 0 Å². The zero-order valence-corrected chi connectivity index (χ0v) is 15.9. The molecule has 1 fully saturated rings. The van der Waals surface area contributed by atoms with Gasteiger partial charge in [-0.1, -0.05) is 6.07 Å². The van der Waals surface area contributed by atoms with Crippen LogP contribution in [0.25, 0.3) is 0 Å². The van der Waals surface area contributed by atoms with Crippen molar-refractivity contribution in [1.29, 1.82) is 5.26 Å². The lowest BCUT2D eigenvalue weighted by molar-refractivity contribution is -0.141. The summed E-state index contributed by atoms with van der Waals surface area (Å²) in [5.74, 6) is -0.710. The number of nitriles is 1. The van der Waals surface area contributed by atoms with Crippen LogP contribution in [0.15, 0.2) is 36.5 Å². The highest BCUT2D eigenvalue weighted by Gasteiger charge is 2.21. The molecule has 0 amide bonds. The van der Waals surface area contributed by atoms with Crippen molar-refractivity contribution in [2.75, 3.05) is 38.6 Å². The van der Waals surface area contributed by atoms with Gasteiger partial charge in [0.1, 0.15) is 6.61 Å². The highest BCUT2D eigenvalue weighted by Crippen LogP contribution is 2.29. The minimum Gasteiger partial charge on any atom is -0.465 e. The highest BCUT2D eigenvalue weighted by atomic mass is 16.5. The zero-order valence-electron chi connectivity index (χ0n) is 15.9. The molecule has 1 aromatic carbocycles. The summed E-state index contributed by atoms with van der Waals surface area (Å²) in [6.45, 7) is 5.63. The lowest BCUT2D eigenvalue weighted by atomic mass is 9.92. The van der Waals surface area contributed by atoms with Gasteiger partial charge in [-0.2, -0.15) is 5.26 Å². The number of nitrogen functional groups attached to an aromatic ring is 1. The average Bonchev–Trinajstić information content (AvgIpc) is 2.71. The molecule has 1 unspecified atom stereocenters. The van der Waals surface area contributed by atoms with Crippen molar-refractivity contribution in [2.24, 2.45) is 0 Å². The molecule has 0 aliphatic carbocycles. The van der Waals surface area contributed by atoms with Crippen molar-refractivity contribution in [1.82, 2.24) is 9.88 Å². The normalized spacial score (nSPS) is 15.6. The van der Waals surface area contributed by atoms with Crippen LogP contribution in [0.3, 0.4) is 0 Å². The van der Waals surface area contributed by atoms with Crippen LogP contribution < -0.4 is 5.73 Å². The van der Waals surface area contributed by atoms with Crippen molar-refractivity contribution in [3.8, 4) is 6.07 Å². The fourth-order valence-electron chi connectivity index (χ4n) is 3.23. The Labute approximate surface area is 164 Å². The molecule has 0 radical (unpaired) electrons. The number of ether oxygens (including phenoxy) is 2. The molecule has 1 aliphatic rings. The Morgan fingerprint density at radius 1 is 1.36 bits per heavy atom. The van der Waals surface area contributed by atoms with E-state index in [4.69, 9.17) is 15.2 Å². The van der Waals surface area contributed by atoms with Gasteiger partial charge in [-0.05, 0) is 35.4 Å². The molecule has 7 heteroatoms. The lowest BCUT2D eigenvalue weighted by Crippen LogP contribution is -2.35. The molecule has 2 N–H and O–H groups in total. The standard InChI is InChI=1S/C21H24N4O3/c1-15(26)28-14-19(18-10-16(11-22)2-4-20(18)23)21-5-3-17(12-24-21)13-25-6-8-27-9-7-25/h2-5,10,12,19H,6-9,13-14,23H2,1H3. The topological polar surface area (TPSA) is 101 Å². The number of benzene rings is 1. The molecular weight excluding hydrogens is 356 g/mol. The number of esters is 1. The average molecular weight is 380 g/mol. The first-order valence-electron chi connectivity index (χ1n) is 9.24. The number of carbonyl (C=O) groups excluding carboxylic acids is 1. The Bertz CT molecular complexity index is 855. The monoisotopic (exact) mass is 380 g/mol. The third-order valence-electron chi connectivity index (χ3n) is 4.76. The maximum atomic E-state index is 11.4. The molecule has 0 saturated carbocycles. The van der Waals surface area contributed by atoms with Gasteiger partial charge >= 0.3 is 5.97 Å². The molecule has 3 rings (SSSR count). The maximum Gasteiger partial charge on any atom is 0.302 e. The molecular formula is C21H24N4O3. The van der Waals surface area contributed by atoms with Gasteiger partial charge in [0.25, 0.3) is 0 Å². The zero-order chi connectivity index (χ0) is 19.9. The fourth-order valence-corrected chi connectivity index (χ4v) is 3.23. The Morgan fingerprint density at radius 3 is 2.79 bits per heavy atom. The van der Waals surface area contributed by atoms with E-state index in [0.29, 0.717) is 11.3 Å². The number of nitrogens with two attached hydrogens (primary N) is 1. The number of hydrogen-bond donors (Lipinski definition) is 1. The number of aromatic nitrogens is 1. The van der Waals surface area contributed by atoms with Gasteiger partial charge < -0.3 is 15.2 Å². The van der Waals surface area contributed by atoms with Gasteiger partial charge in [-0.15, -0.1) is 0 Å². The van der Waals surface area contributed by atoms with E-state index in [9.17, 15) is 10.1 Å². The van der Waals surface area contributed by atoms with Crippen molar-refractivity contribution in [3.63, 3.8) is 0 Å². The molecule has 146 valence electrons. The number of carbonyl (C=O) groups is 1. The van der Waals surface area contributed by atoms with Gasteiger partial charge in [-0.3, -0.25) is 14.7 Å². The molecule has 2 aromatic rings. The number of anilines is 1. The second kappa shape index (κ2) is 9.31. The number of hydrogen-bond acceptors (Lipinski definition) is 7. The summed E-state index contributed by atoms with van der Waals surface area (Å²) in [6.07, 6.45) is 1.84. The van der Waals surface area contributed by atoms with Gasteiger partial charge in [0, 0.05) is 38.4 Å². The SMILES string of the molecule is CC(=O)OCC(c1ccc(CN2CCOCC2)cn1)c1cc(C#N)ccc1N. The van der Waals surface area contributed by atoms with Crippen LogP contribution in [-0.4, -0.2) is 48.8 Å². The quantitative estimate of drug-likeness (QED) is 0.604. The van der Waals surface area contributed by atoms with Gasteiger partial charge in [0.2, 0.25) is 0 Å². The highest BCUT2D eigenvalue weighted by molar-refractivity contribution is 5.66. The predicted octanol–water partition coefficient (Wildman–Crippen LogP) is 2.06. The second-order valence-electron chi connectivity index (χ2n) is 6.79. The number of nitrogens with zero attached hydrogens (tertiary/aromatic N) is 3. The smallest absolute Gasteiger partial charge is 0.302 e. The maximum absolute atomic E-state index is 11.4. The molecule has 0 spiro atoms. The van der Waals surface area contributed by atoms with E-state index in [1.807, 2.05) is 18.3 Å². The van der Waals surface area contributed by atoms with Crippen molar-refractivity contribution in [3.05, 3.63) is 58.9 Å². The summed E-state index contributed by atoms with van der Waals surface area (Å²) in [5.41, 5.74) is 9.77. The molecule has 1 aliphatic heterocycles. The Balaban J connectivity index is 1.83. The summed E-state index contributed by atoms with van der Waals surface area (Å²) in [4.78, 5) is 18.3. The predicted molar refractivity (Wildman–Crippen MR) is 104 cm³/mol. The van der Waals surface area contributed by atoms with Gasteiger partial charge in [0.15, 0.2) is 0 Å². The van der Waals surface area contributed by atoms with Crippen LogP contribution in [0, 0.1) is 11.3 Å². The minimum absolute atomic E-state index is 0.115. The van der Waals surface area contributed by atoms with E-state index < -0.39 is 0 Å². The number of rotatable bonds is 6. The first-order chi connectivity index (χ1) is 13.6. The van der Waals surface area contributed by atoms with Crippen LogP contribution in [0.4, 0.5) is 5.69 Å². The number of pyridine rings is 1.